The summed E-state index contributed by atoms with van der Waals surface area (Å²) in [5, 5.41) is 9.32. The Balaban J connectivity index is 1.24. The third-order valence-electron chi connectivity index (χ3n) is 10.7. The van der Waals surface area contributed by atoms with Crippen molar-refractivity contribution in [2.75, 3.05) is 20.1 Å². The fraction of sp³-hybridized carbons (Fsp3) is 0.576. The number of fused-ring (bicyclic) bond motifs is 1. The molecule has 4 heterocycles. The number of alkyl halides is 3. The van der Waals surface area contributed by atoms with Crippen LogP contribution in [-0.4, -0.2) is 50.7 Å². The van der Waals surface area contributed by atoms with Crippen LogP contribution in [0.2, 0.25) is 0 Å². The number of aromatic nitrogens is 2. The Kier molecular flexibility index (Phi) is 7.20. The minimum atomic E-state index is -4.63. The zero-order chi connectivity index (χ0) is 30.9. The summed E-state index contributed by atoms with van der Waals surface area (Å²) in [4.78, 5) is 18.1. The van der Waals surface area contributed by atoms with Crippen molar-refractivity contribution in [3.05, 3.63) is 69.9 Å². The Labute approximate surface area is 255 Å². The quantitative estimate of drug-likeness (QED) is 0.393. The fourth-order valence-corrected chi connectivity index (χ4v) is 8.12. The Hall–Kier alpha value is -3.17. The van der Waals surface area contributed by atoms with E-state index in [9.17, 15) is 23.2 Å². The van der Waals surface area contributed by atoms with E-state index in [-0.39, 0.29) is 29.8 Å². The van der Waals surface area contributed by atoms with E-state index in [0.717, 1.165) is 41.7 Å². The second-order valence-electron chi connectivity index (χ2n) is 13.8. The molecule has 2 aliphatic carbocycles. The number of likely N-dealkylation sites (tertiary alicyclic amines) is 1. The molecular weight excluding hydrogens is 567 g/mol. The van der Waals surface area contributed by atoms with Crippen LogP contribution in [0.5, 0.6) is 0 Å². The van der Waals surface area contributed by atoms with E-state index in [1.165, 1.54) is 42.6 Å². The molecule has 2 atom stereocenters. The highest BCUT2D eigenvalue weighted by atomic mass is 19.4. The van der Waals surface area contributed by atoms with E-state index in [4.69, 9.17) is 0 Å². The molecule has 11 heteroatoms. The molecule has 234 valence electrons. The van der Waals surface area contributed by atoms with Gasteiger partial charge in [-0.1, -0.05) is 37.8 Å². The molecular formula is C33H40F3N7O. The number of nitrogens with zero attached hydrogens (tertiary/aromatic N) is 5. The smallest absolute Gasteiger partial charge is 0.296 e. The van der Waals surface area contributed by atoms with Crippen LogP contribution in [0.25, 0.3) is 11.2 Å². The third kappa shape index (κ3) is 4.96. The zero-order valence-corrected chi connectivity index (χ0v) is 25.3. The van der Waals surface area contributed by atoms with Gasteiger partial charge in [0.1, 0.15) is 0 Å². The van der Waals surface area contributed by atoms with Crippen molar-refractivity contribution in [3.63, 3.8) is 0 Å². The fourth-order valence-electron chi connectivity index (χ4n) is 8.12. The molecule has 2 aliphatic heterocycles. The second kappa shape index (κ2) is 10.7. The normalized spacial score (nSPS) is 24.7. The van der Waals surface area contributed by atoms with Crippen LogP contribution >= 0.6 is 0 Å². The van der Waals surface area contributed by atoms with Gasteiger partial charge in [-0.3, -0.25) is 18.8 Å². The average Bonchev–Trinajstić information content (AvgIpc) is 3.45. The van der Waals surface area contributed by atoms with Crippen LogP contribution in [0.4, 0.5) is 13.2 Å². The van der Waals surface area contributed by atoms with Gasteiger partial charge in [0, 0.05) is 37.9 Å². The number of benzene rings is 1. The van der Waals surface area contributed by atoms with E-state index >= 15 is 0 Å². The SMILES string of the molecule is CN1C([C@@H](c2cccc(-n3cc4c(C(F)(F)F)cc(CN5CC(C)(C#N)C5)cn4c3=O)c2)C2CCC2)NNC12CCCCC2. The monoisotopic (exact) mass is 607 g/mol. The van der Waals surface area contributed by atoms with Crippen molar-refractivity contribution in [2.24, 2.45) is 11.3 Å². The van der Waals surface area contributed by atoms with Crippen molar-refractivity contribution < 1.29 is 13.2 Å². The average molecular weight is 608 g/mol. The van der Waals surface area contributed by atoms with Crippen molar-refractivity contribution >= 4 is 5.52 Å². The highest BCUT2D eigenvalue weighted by molar-refractivity contribution is 5.58. The van der Waals surface area contributed by atoms with Gasteiger partial charge < -0.3 is 0 Å². The number of hydrazine groups is 1. The topological polar surface area (TPSA) is 80.7 Å². The summed E-state index contributed by atoms with van der Waals surface area (Å²) in [5.41, 5.74) is 7.22. The molecule has 0 bridgehead atoms. The number of rotatable bonds is 6. The van der Waals surface area contributed by atoms with Crippen LogP contribution in [0.15, 0.2) is 47.5 Å². The van der Waals surface area contributed by atoms with Crippen molar-refractivity contribution in [1.29, 1.82) is 5.26 Å². The van der Waals surface area contributed by atoms with E-state index in [0.29, 0.717) is 30.3 Å². The third-order valence-corrected chi connectivity index (χ3v) is 10.7. The zero-order valence-electron chi connectivity index (χ0n) is 25.3. The molecule has 2 saturated carbocycles. The maximum Gasteiger partial charge on any atom is 0.418 e. The molecule has 2 aromatic heterocycles. The molecule has 1 aromatic carbocycles. The summed E-state index contributed by atoms with van der Waals surface area (Å²) in [7, 11) is 2.20. The molecule has 2 N–H and O–H groups in total. The highest BCUT2D eigenvalue weighted by Crippen LogP contribution is 2.46. The minimum absolute atomic E-state index is 0.0610. The van der Waals surface area contributed by atoms with Crippen LogP contribution in [-0.2, 0) is 12.7 Å². The lowest BCUT2D eigenvalue weighted by atomic mass is 9.71. The number of nitrogens with one attached hydrogen (secondary N) is 2. The largest absolute Gasteiger partial charge is 0.418 e. The molecule has 0 amide bonds. The van der Waals surface area contributed by atoms with E-state index in [1.807, 2.05) is 24.0 Å². The summed E-state index contributed by atoms with van der Waals surface area (Å²) < 4.78 is 45.4. The standard InChI is InChI=1S/C33H40F3N7O/c1-31(19-37)20-41(21-31)16-22-14-26(33(34,35)36)27-18-42(30(44)43(27)17-22)25-11-7-10-24(15-25)28(23-8-6-9-23)29-38-39-32(40(29)2)12-4-3-5-13-32/h7,10-11,14-15,17-18,23,28-29,38-39H,3-6,8-9,12-13,16,20-21H2,1-2H3/t28-,29?/m1/s1. The molecule has 1 spiro atoms. The number of halogens is 3. The molecule has 8 nitrogen and oxygen atoms in total. The number of hydrogen-bond donors (Lipinski definition) is 2. The molecule has 2 saturated heterocycles. The Morgan fingerprint density at radius 2 is 1.84 bits per heavy atom. The molecule has 7 rings (SSSR count). The van der Waals surface area contributed by atoms with E-state index < -0.39 is 22.8 Å². The van der Waals surface area contributed by atoms with Gasteiger partial charge in [-0.05, 0) is 74.9 Å². The second-order valence-corrected chi connectivity index (χ2v) is 13.8. The number of likely N-dealkylation sites (N-methyl/N-ethyl adjacent to an activating group) is 1. The van der Waals surface area contributed by atoms with E-state index in [2.05, 4.69) is 34.9 Å². The summed E-state index contributed by atoms with van der Waals surface area (Å²) in [5.74, 6) is 0.655. The lowest BCUT2D eigenvalue weighted by molar-refractivity contribution is -0.136. The summed E-state index contributed by atoms with van der Waals surface area (Å²) in [6.07, 6.45) is 7.56. The van der Waals surface area contributed by atoms with Crippen molar-refractivity contribution in [2.45, 2.75) is 88.8 Å². The first-order valence-electron chi connectivity index (χ1n) is 15.8. The van der Waals surface area contributed by atoms with Crippen LogP contribution in [0.1, 0.15) is 80.9 Å². The van der Waals surface area contributed by atoms with Gasteiger partial charge in [0.2, 0.25) is 0 Å². The molecule has 4 fully saturated rings. The Morgan fingerprint density at radius 3 is 2.50 bits per heavy atom. The molecule has 0 radical (unpaired) electrons. The van der Waals surface area contributed by atoms with Gasteiger partial charge in [0.05, 0.1) is 40.1 Å². The summed E-state index contributed by atoms with van der Waals surface area (Å²) >= 11 is 0. The first-order valence-corrected chi connectivity index (χ1v) is 15.8. The van der Waals surface area contributed by atoms with E-state index in [1.54, 1.807) is 6.07 Å². The number of hydrogen-bond acceptors (Lipinski definition) is 6. The maximum absolute atomic E-state index is 14.3. The predicted octanol–water partition coefficient (Wildman–Crippen LogP) is 5.36. The lowest BCUT2D eigenvalue weighted by Crippen LogP contribution is -2.53. The molecule has 3 aromatic rings. The van der Waals surface area contributed by atoms with Crippen LogP contribution in [0, 0.1) is 22.7 Å². The maximum atomic E-state index is 14.3. The van der Waals surface area contributed by atoms with Gasteiger partial charge in [-0.25, -0.2) is 15.6 Å². The molecule has 44 heavy (non-hydrogen) atoms. The number of pyridine rings is 1. The minimum Gasteiger partial charge on any atom is -0.296 e. The molecule has 4 aliphatic rings. The number of imidazole rings is 1. The summed E-state index contributed by atoms with van der Waals surface area (Å²) in [6.45, 7) is 3.04. The van der Waals surface area contributed by atoms with Gasteiger partial charge >= 0.3 is 11.9 Å². The van der Waals surface area contributed by atoms with Crippen molar-refractivity contribution in [1.82, 2.24) is 29.6 Å². The summed E-state index contributed by atoms with van der Waals surface area (Å²) in [6, 6.07) is 11.2. The van der Waals surface area contributed by atoms with Gasteiger partial charge in [-0.2, -0.15) is 18.4 Å². The van der Waals surface area contributed by atoms with Gasteiger partial charge in [0.15, 0.2) is 0 Å². The van der Waals surface area contributed by atoms with Crippen LogP contribution in [0.3, 0.4) is 0 Å². The first-order chi connectivity index (χ1) is 21.0. The Morgan fingerprint density at radius 1 is 1.09 bits per heavy atom. The predicted molar refractivity (Wildman–Crippen MR) is 161 cm³/mol. The highest BCUT2D eigenvalue weighted by Gasteiger charge is 2.49. The molecule has 1 unspecified atom stereocenters. The van der Waals surface area contributed by atoms with Crippen LogP contribution < -0.4 is 16.5 Å². The number of nitriles is 1. The van der Waals surface area contributed by atoms with Gasteiger partial charge in [0.25, 0.3) is 0 Å². The first kappa shape index (κ1) is 29.5. The lowest BCUT2D eigenvalue weighted by Gasteiger charge is -2.44. The van der Waals surface area contributed by atoms with Gasteiger partial charge in [-0.15, -0.1) is 0 Å². The Bertz CT molecular complexity index is 1650. The van der Waals surface area contributed by atoms with Crippen molar-refractivity contribution in [3.8, 4) is 11.8 Å².